The van der Waals surface area contributed by atoms with Gasteiger partial charge in [-0.15, -0.1) is 0 Å². The van der Waals surface area contributed by atoms with E-state index in [1.54, 1.807) is 30.5 Å². The molecule has 92 valence electrons. The van der Waals surface area contributed by atoms with Gasteiger partial charge >= 0.3 is 7.11 Å². The van der Waals surface area contributed by atoms with E-state index in [0.717, 1.165) is 0 Å². The third kappa shape index (κ3) is 1.94. The van der Waals surface area contributed by atoms with E-state index in [2.05, 4.69) is 19.3 Å². The Morgan fingerprint density at radius 2 is 2.17 bits per heavy atom. The van der Waals surface area contributed by atoms with Crippen molar-refractivity contribution in [1.82, 2.24) is 4.98 Å². The summed E-state index contributed by atoms with van der Waals surface area (Å²) in [6.07, 6.45) is 7.77. The van der Waals surface area contributed by atoms with E-state index in [9.17, 15) is 8.63 Å². The Bertz CT molecular complexity index is 574. The molecule has 2 aliphatic rings. The Morgan fingerprint density at radius 1 is 1.28 bits per heavy atom. The van der Waals surface area contributed by atoms with Crippen molar-refractivity contribution in [2.24, 2.45) is 4.99 Å². The third-order valence-electron chi connectivity index (χ3n) is 2.46. The van der Waals surface area contributed by atoms with Crippen molar-refractivity contribution in [3.8, 4) is 0 Å². The minimum absolute atomic E-state index is 0.000787. The fourth-order valence-corrected chi connectivity index (χ4v) is 1.71. The Morgan fingerprint density at radius 3 is 2.83 bits per heavy atom. The number of nitrogens with one attached hydrogen (secondary N) is 1. The number of halogens is 2. The van der Waals surface area contributed by atoms with Gasteiger partial charge in [0, 0.05) is 18.5 Å². The number of H-pyrrole nitrogens is 1. The van der Waals surface area contributed by atoms with Gasteiger partial charge in [-0.25, -0.2) is 0 Å². The number of aromatic nitrogens is 1. The largest absolute Gasteiger partial charge is 0.726 e. The van der Waals surface area contributed by atoms with Crippen LogP contribution < -0.4 is 0 Å². The summed E-state index contributed by atoms with van der Waals surface area (Å²) >= 11 is 0. The molecular formula is C11H8BF2N2O2-. The van der Waals surface area contributed by atoms with Gasteiger partial charge in [-0.05, 0) is 24.3 Å². The first-order valence-corrected chi connectivity index (χ1v) is 5.32. The molecule has 0 unspecified atom stereocenters. The van der Waals surface area contributed by atoms with Crippen molar-refractivity contribution >= 4 is 19.1 Å². The van der Waals surface area contributed by atoms with E-state index in [4.69, 9.17) is 0 Å². The first kappa shape index (κ1) is 10.8. The number of aliphatic imine (C=N–C) groups is 1. The maximum absolute atomic E-state index is 13.4. The Labute approximate surface area is 101 Å². The van der Waals surface area contributed by atoms with Crippen molar-refractivity contribution in [2.45, 2.75) is 0 Å². The van der Waals surface area contributed by atoms with Crippen LogP contribution >= 0.6 is 0 Å². The highest BCUT2D eigenvalue weighted by atomic mass is 19.3. The lowest BCUT2D eigenvalue weighted by Gasteiger charge is -2.34. The molecule has 4 nitrogen and oxygen atoms in total. The molecule has 0 fully saturated rings. The molecule has 1 aromatic heterocycles. The van der Waals surface area contributed by atoms with Gasteiger partial charge in [-0.3, -0.25) is 4.99 Å². The quantitative estimate of drug-likeness (QED) is 0.777. The Hall–Kier alpha value is -2.31. The molecule has 3 heterocycles. The maximum atomic E-state index is 13.4. The molecule has 2 aliphatic heterocycles. The van der Waals surface area contributed by atoms with Crippen LogP contribution in [0, 0.1) is 0 Å². The highest BCUT2D eigenvalue weighted by Crippen LogP contribution is 2.33. The summed E-state index contributed by atoms with van der Waals surface area (Å²) in [4.78, 5) is 6.73. The molecule has 1 aromatic rings. The summed E-state index contributed by atoms with van der Waals surface area (Å²) in [7, 11) is -4.38. The number of allylic oxidation sites excluding steroid dienone is 3. The van der Waals surface area contributed by atoms with E-state index in [1.807, 2.05) is 0 Å². The second kappa shape index (κ2) is 3.87. The summed E-state index contributed by atoms with van der Waals surface area (Å²) < 4.78 is 35.9. The number of aromatic amines is 1. The first-order chi connectivity index (χ1) is 8.64. The van der Waals surface area contributed by atoms with Crippen LogP contribution in [0.3, 0.4) is 0 Å². The van der Waals surface area contributed by atoms with Crippen LogP contribution in [0.25, 0.3) is 5.76 Å². The lowest BCUT2D eigenvalue weighted by Crippen LogP contribution is -2.34. The predicted octanol–water partition coefficient (Wildman–Crippen LogP) is 2.63. The minimum atomic E-state index is -4.38. The third-order valence-corrected chi connectivity index (χ3v) is 2.46. The molecule has 0 aromatic carbocycles. The van der Waals surface area contributed by atoms with Gasteiger partial charge in [0.05, 0.1) is 5.69 Å². The van der Waals surface area contributed by atoms with Crippen LogP contribution in [0.5, 0.6) is 0 Å². The van der Waals surface area contributed by atoms with Gasteiger partial charge in [0.15, 0.2) is 0 Å². The lowest BCUT2D eigenvalue weighted by molar-refractivity contribution is 0.171. The van der Waals surface area contributed by atoms with E-state index in [-0.39, 0.29) is 11.5 Å². The Balaban J connectivity index is 2.06. The smallest absolute Gasteiger partial charge is 0.626 e. The first-order valence-electron chi connectivity index (χ1n) is 5.32. The molecule has 1 N–H and O–H groups in total. The molecule has 0 radical (unpaired) electrons. The fourth-order valence-electron chi connectivity index (χ4n) is 1.71. The molecule has 18 heavy (non-hydrogen) atoms. The normalized spacial score (nSPS) is 24.7. The summed E-state index contributed by atoms with van der Waals surface area (Å²) in [6.45, 7) is 0. The van der Waals surface area contributed by atoms with Crippen LogP contribution in [0.1, 0.15) is 5.69 Å². The SMILES string of the molecule is F[B-]1(F)OC(c2ccc[nH]2)=C/C(=C2\C=CC=N2)O1. The fraction of sp³-hybridized carbons (Fsp3) is 0. The van der Waals surface area contributed by atoms with E-state index >= 15 is 0 Å². The van der Waals surface area contributed by atoms with Crippen molar-refractivity contribution in [3.05, 3.63) is 53.7 Å². The van der Waals surface area contributed by atoms with Crippen molar-refractivity contribution in [3.63, 3.8) is 0 Å². The summed E-state index contributed by atoms with van der Waals surface area (Å²) in [5.74, 6) is 0.0371. The molecule has 0 saturated heterocycles. The Kier molecular flexibility index (Phi) is 2.33. The molecule has 3 rings (SSSR count). The predicted molar refractivity (Wildman–Crippen MR) is 63.6 cm³/mol. The summed E-state index contributed by atoms with van der Waals surface area (Å²) in [5, 5.41) is 0. The maximum Gasteiger partial charge on any atom is 0.726 e. The van der Waals surface area contributed by atoms with Crippen molar-refractivity contribution < 1.29 is 17.9 Å². The average Bonchev–Trinajstić information content (AvgIpc) is 3.01. The van der Waals surface area contributed by atoms with Crippen LogP contribution in [0.15, 0.2) is 53.0 Å². The van der Waals surface area contributed by atoms with Gasteiger partial charge in [0.1, 0.15) is 17.2 Å². The second-order valence-electron chi connectivity index (χ2n) is 3.75. The van der Waals surface area contributed by atoms with Crippen LogP contribution in [-0.2, 0) is 9.31 Å². The van der Waals surface area contributed by atoms with Crippen LogP contribution in [0.2, 0.25) is 0 Å². The molecule has 0 aliphatic carbocycles. The zero-order valence-electron chi connectivity index (χ0n) is 9.14. The monoisotopic (exact) mass is 249 g/mol. The number of rotatable bonds is 1. The molecule has 0 spiro atoms. The zero-order valence-corrected chi connectivity index (χ0v) is 9.14. The highest BCUT2D eigenvalue weighted by Gasteiger charge is 2.38. The topological polar surface area (TPSA) is 46.6 Å². The van der Waals surface area contributed by atoms with Crippen molar-refractivity contribution in [1.29, 1.82) is 0 Å². The standard InChI is InChI=1S/C11H8BF2N2O2/c13-12(14)17-10(8-3-1-5-15-8)7-11(18-12)9-4-2-6-16-9/h1-7,15H/q-1/b11-9-. The van der Waals surface area contributed by atoms with E-state index in [0.29, 0.717) is 11.4 Å². The molecule has 0 atom stereocenters. The lowest BCUT2D eigenvalue weighted by atomic mass is 10.1. The van der Waals surface area contributed by atoms with Gasteiger partial charge < -0.3 is 22.9 Å². The van der Waals surface area contributed by atoms with Crippen LogP contribution in [0.4, 0.5) is 8.63 Å². The molecule has 0 saturated carbocycles. The van der Waals surface area contributed by atoms with Gasteiger partial charge in [-0.1, -0.05) is 0 Å². The second-order valence-corrected chi connectivity index (χ2v) is 3.75. The van der Waals surface area contributed by atoms with Gasteiger partial charge in [0.2, 0.25) is 0 Å². The molecule has 7 heteroatoms. The molecule has 0 amide bonds. The molecule has 0 bridgehead atoms. The highest BCUT2D eigenvalue weighted by molar-refractivity contribution is 6.53. The summed E-state index contributed by atoms with van der Waals surface area (Å²) in [6, 6.07) is 3.33. The van der Waals surface area contributed by atoms with Crippen LogP contribution in [-0.4, -0.2) is 18.3 Å². The average molecular weight is 249 g/mol. The number of hydrogen-bond donors (Lipinski definition) is 1. The number of nitrogens with zero attached hydrogens (tertiary/aromatic N) is 1. The molecular weight excluding hydrogens is 241 g/mol. The van der Waals surface area contributed by atoms with Gasteiger partial charge in [0.25, 0.3) is 0 Å². The van der Waals surface area contributed by atoms with E-state index < -0.39 is 7.11 Å². The van der Waals surface area contributed by atoms with E-state index in [1.165, 1.54) is 12.3 Å². The number of hydrogen-bond acceptors (Lipinski definition) is 3. The zero-order chi connectivity index (χ0) is 12.6. The van der Waals surface area contributed by atoms with Gasteiger partial charge in [-0.2, -0.15) is 0 Å². The van der Waals surface area contributed by atoms with Crippen molar-refractivity contribution in [2.75, 3.05) is 0 Å². The minimum Gasteiger partial charge on any atom is -0.626 e. The summed E-state index contributed by atoms with van der Waals surface area (Å²) in [5.41, 5.74) is 0.813.